The van der Waals surface area contributed by atoms with E-state index in [9.17, 15) is 9.59 Å². The smallest absolute Gasteiger partial charge is 0.254 e. The molecule has 44 heavy (non-hydrogen) atoms. The van der Waals surface area contributed by atoms with E-state index in [1.54, 1.807) is 25.1 Å². The summed E-state index contributed by atoms with van der Waals surface area (Å²) in [5, 5.41) is 9.60. The fourth-order valence-electron chi connectivity index (χ4n) is 5.36. The normalized spacial score (nSPS) is 15.4. The highest BCUT2D eigenvalue weighted by molar-refractivity contribution is 7.99. The lowest BCUT2D eigenvalue weighted by Gasteiger charge is -2.40. The van der Waals surface area contributed by atoms with Crippen LogP contribution in [0, 0.1) is 0 Å². The van der Waals surface area contributed by atoms with Crippen molar-refractivity contribution in [2.75, 3.05) is 32.5 Å². The van der Waals surface area contributed by atoms with E-state index in [1.807, 2.05) is 82.0 Å². The van der Waals surface area contributed by atoms with Gasteiger partial charge in [-0.2, -0.15) is 0 Å². The fraction of sp³-hybridized carbons (Fsp3) is 0.412. The first-order valence-electron chi connectivity index (χ1n) is 15.1. The minimum Gasteiger partial charge on any atom is -0.497 e. The number of amides is 2. The molecule has 1 unspecified atom stereocenters. The number of unbranched alkanes of at least 4 members (excludes halogenated alkanes) is 1. The van der Waals surface area contributed by atoms with E-state index in [1.165, 1.54) is 5.56 Å². The number of furan rings is 1. The SMILES string of the molecule is COc1ccc(-n2c(SCCCCC(=O)N3CCN(C(=O)c4ccc(C(C)(C)C)cc4)C(C)C3)nnc2-c2ccco2)cc1. The van der Waals surface area contributed by atoms with Crippen molar-refractivity contribution in [2.24, 2.45) is 0 Å². The Morgan fingerprint density at radius 1 is 1.00 bits per heavy atom. The van der Waals surface area contributed by atoms with E-state index >= 15 is 0 Å². The van der Waals surface area contributed by atoms with Crippen LogP contribution in [0.4, 0.5) is 0 Å². The number of thioether (sulfide) groups is 1. The first-order chi connectivity index (χ1) is 21.2. The average Bonchev–Trinajstić information content (AvgIpc) is 3.70. The molecule has 0 bridgehead atoms. The molecule has 0 aliphatic carbocycles. The zero-order chi connectivity index (χ0) is 31.3. The minimum absolute atomic E-state index is 0.0276. The van der Waals surface area contributed by atoms with E-state index in [4.69, 9.17) is 9.15 Å². The number of carbonyl (C=O) groups is 2. The van der Waals surface area contributed by atoms with Gasteiger partial charge in [0.1, 0.15) is 5.75 Å². The van der Waals surface area contributed by atoms with Gasteiger partial charge in [-0.05, 0) is 79.3 Å². The van der Waals surface area contributed by atoms with Crippen molar-refractivity contribution in [1.82, 2.24) is 24.6 Å². The van der Waals surface area contributed by atoms with Crippen LogP contribution in [0.2, 0.25) is 0 Å². The van der Waals surface area contributed by atoms with Crippen LogP contribution in [0.3, 0.4) is 0 Å². The lowest BCUT2D eigenvalue weighted by atomic mass is 9.86. The third kappa shape index (κ3) is 7.18. The maximum atomic E-state index is 13.2. The van der Waals surface area contributed by atoms with Gasteiger partial charge in [-0.15, -0.1) is 10.2 Å². The fourth-order valence-corrected chi connectivity index (χ4v) is 6.31. The highest BCUT2D eigenvalue weighted by Crippen LogP contribution is 2.30. The molecule has 0 N–H and O–H groups in total. The average molecular weight is 616 g/mol. The third-order valence-electron chi connectivity index (χ3n) is 7.96. The third-order valence-corrected chi connectivity index (χ3v) is 8.98. The number of hydrogen-bond acceptors (Lipinski definition) is 7. The molecule has 4 aromatic rings. The molecule has 1 atom stereocenters. The van der Waals surface area contributed by atoms with Crippen LogP contribution < -0.4 is 4.74 Å². The number of methoxy groups -OCH3 is 1. The summed E-state index contributed by atoms with van der Waals surface area (Å²) in [5.41, 5.74) is 2.85. The summed E-state index contributed by atoms with van der Waals surface area (Å²) >= 11 is 1.61. The van der Waals surface area contributed by atoms with Gasteiger partial charge in [-0.25, -0.2) is 0 Å². The van der Waals surface area contributed by atoms with Crippen LogP contribution in [0.25, 0.3) is 17.3 Å². The summed E-state index contributed by atoms with van der Waals surface area (Å²) in [6.07, 6.45) is 3.75. The number of ether oxygens (including phenoxy) is 1. The van der Waals surface area contributed by atoms with Gasteiger partial charge in [0.15, 0.2) is 10.9 Å². The Kier molecular flexibility index (Phi) is 9.78. The van der Waals surface area contributed by atoms with Crippen molar-refractivity contribution >= 4 is 23.6 Å². The van der Waals surface area contributed by atoms with Gasteiger partial charge in [0.05, 0.1) is 19.1 Å². The second kappa shape index (κ2) is 13.7. The minimum atomic E-state index is -0.0364. The monoisotopic (exact) mass is 615 g/mol. The number of nitrogens with zero attached hydrogens (tertiary/aromatic N) is 5. The van der Waals surface area contributed by atoms with Crippen molar-refractivity contribution in [3.05, 3.63) is 78.1 Å². The molecule has 1 aliphatic rings. The van der Waals surface area contributed by atoms with Gasteiger partial charge in [0.2, 0.25) is 11.7 Å². The second-order valence-corrected chi connectivity index (χ2v) is 13.2. The van der Waals surface area contributed by atoms with Crippen LogP contribution in [-0.2, 0) is 10.2 Å². The Hall–Kier alpha value is -4.05. The zero-order valence-electron chi connectivity index (χ0n) is 26.2. The molecule has 10 heteroatoms. The highest BCUT2D eigenvalue weighted by Gasteiger charge is 2.30. The molecule has 2 aromatic carbocycles. The Morgan fingerprint density at radius 2 is 1.75 bits per heavy atom. The largest absolute Gasteiger partial charge is 0.497 e. The lowest BCUT2D eigenvalue weighted by Crippen LogP contribution is -2.55. The molecule has 1 aliphatic heterocycles. The highest BCUT2D eigenvalue weighted by atomic mass is 32.2. The van der Waals surface area contributed by atoms with E-state index in [0.29, 0.717) is 43.2 Å². The van der Waals surface area contributed by atoms with Gasteiger partial charge in [-0.1, -0.05) is 44.7 Å². The Balaban J connectivity index is 1.11. The first kappa shape index (κ1) is 31.4. The van der Waals surface area contributed by atoms with Crippen LogP contribution in [0.15, 0.2) is 76.5 Å². The van der Waals surface area contributed by atoms with E-state index in [-0.39, 0.29) is 23.3 Å². The molecule has 1 fully saturated rings. The standard InChI is InChI=1S/C34H41N5O4S/c1-24-23-37(19-20-38(24)32(41)25-11-13-26(14-12-25)34(2,3)4)30(40)10-6-7-22-44-33-36-35-31(29-9-8-21-43-29)39(33)27-15-17-28(42-5)18-16-27/h8-9,11-18,21,24H,6-7,10,19-20,22-23H2,1-5H3. The molecule has 0 saturated carbocycles. The molecule has 5 rings (SSSR count). The van der Waals surface area contributed by atoms with Crippen molar-refractivity contribution in [3.8, 4) is 23.0 Å². The number of carbonyl (C=O) groups excluding carboxylic acids is 2. The van der Waals surface area contributed by atoms with Gasteiger partial charge < -0.3 is 19.0 Å². The summed E-state index contributed by atoms with van der Waals surface area (Å²) in [6, 6.07) is 19.3. The maximum Gasteiger partial charge on any atom is 0.254 e. The topological polar surface area (TPSA) is 93.7 Å². The van der Waals surface area contributed by atoms with Crippen LogP contribution in [0.1, 0.15) is 62.9 Å². The van der Waals surface area contributed by atoms with Gasteiger partial charge in [-0.3, -0.25) is 14.2 Å². The number of rotatable bonds is 10. The maximum absolute atomic E-state index is 13.2. The van der Waals surface area contributed by atoms with E-state index < -0.39 is 0 Å². The zero-order valence-corrected chi connectivity index (χ0v) is 27.0. The molecule has 0 radical (unpaired) electrons. The van der Waals surface area contributed by atoms with Crippen molar-refractivity contribution < 1.29 is 18.7 Å². The molecule has 9 nitrogen and oxygen atoms in total. The number of piperazine rings is 1. The summed E-state index contributed by atoms with van der Waals surface area (Å²) in [7, 11) is 1.64. The number of benzene rings is 2. The van der Waals surface area contributed by atoms with E-state index in [0.717, 1.165) is 35.2 Å². The Morgan fingerprint density at radius 3 is 2.39 bits per heavy atom. The molecule has 3 heterocycles. The van der Waals surface area contributed by atoms with Crippen molar-refractivity contribution in [1.29, 1.82) is 0 Å². The molecule has 2 amide bonds. The van der Waals surface area contributed by atoms with Gasteiger partial charge >= 0.3 is 0 Å². The van der Waals surface area contributed by atoms with Crippen molar-refractivity contribution in [2.45, 2.75) is 63.6 Å². The number of aromatic nitrogens is 3. The van der Waals surface area contributed by atoms with Crippen LogP contribution in [-0.4, -0.2) is 74.9 Å². The molecule has 2 aromatic heterocycles. The first-order valence-corrected chi connectivity index (χ1v) is 16.1. The molecule has 1 saturated heterocycles. The molecular weight excluding hydrogens is 574 g/mol. The van der Waals surface area contributed by atoms with E-state index in [2.05, 4.69) is 31.0 Å². The quantitative estimate of drug-likeness (QED) is 0.149. The summed E-state index contributed by atoms with van der Waals surface area (Å²) in [6.45, 7) is 10.2. The summed E-state index contributed by atoms with van der Waals surface area (Å²) in [5.74, 6) is 3.01. The second-order valence-electron chi connectivity index (χ2n) is 12.1. The molecular formula is C34H41N5O4S. The number of hydrogen-bond donors (Lipinski definition) is 0. The Bertz CT molecular complexity index is 1540. The van der Waals surface area contributed by atoms with Gasteiger partial charge in [0, 0.05) is 43.4 Å². The van der Waals surface area contributed by atoms with Crippen molar-refractivity contribution in [3.63, 3.8) is 0 Å². The molecule has 232 valence electrons. The predicted octanol–water partition coefficient (Wildman–Crippen LogP) is 6.47. The Labute approximate surface area is 263 Å². The molecule has 0 spiro atoms. The van der Waals surface area contributed by atoms with Crippen LogP contribution >= 0.6 is 11.8 Å². The predicted molar refractivity (Wildman–Crippen MR) is 172 cm³/mol. The summed E-state index contributed by atoms with van der Waals surface area (Å²) < 4.78 is 12.9. The summed E-state index contributed by atoms with van der Waals surface area (Å²) in [4.78, 5) is 30.1. The van der Waals surface area contributed by atoms with Crippen LogP contribution in [0.5, 0.6) is 5.75 Å². The van der Waals surface area contributed by atoms with Gasteiger partial charge in [0.25, 0.3) is 5.91 Å². The lowest BCUT2D eigenvalue weighted by molar-refractivity contribution is -0.133.